The van der Waals surface area contributed by atoms with Gasteiger partial charge in [-0.3, -0.25) is 0 Å². The highest BCUT2D eigenvalue weighted by Gasteiger charge is 2.07. The molecule has 0 amide bonds. The van der Waals surface area contributed by atoms with Gasteiger partial charge in [0.2, 0.25) is 0 Å². The van der Waals surface area contributed by atoms with E-state index in [1.54, 1.807) is 0 Å². The average molecular weight is 337 g/mol. The van der Waals surface area contributed by atoms with E-state index in [9.17, 15) is 0 Å². The molecular weight excluding hydrogens is 320 g/mol. The van der Waals surface area contributed by atoms with E-state index in [-0.39, 0.29) is 6.61 Å². The molecule has 106 valence electrons. The van der Waals surface area contributed by atoms with Gasteiger partial charge in [0, 0.05) is 4.47 Å². The maximum atomic E-state index is 9.15. The molecule has 0 unspecified atom stereocenters. The second kappa shape index (κ2) is 7.31. The van der Waals surface area contributed by atoms with Crippen molar-refractivity contribution >= 4 is 15.9 Å². The molecule has 0 fully saturated rings. The SMILES string of the molecule is CCCOc1ccccc1Oc1ccc(CO)c(Br)c1. The van der Waals surface area contributed by atoms with Crippen LogP contribution in [0, 0.1) is 0 Å². The molecule has 0 aliphatic carbocycles. The maximum Gasteiger partial charge on any atom is 0.169 e. The van der Waals surface area contributed by atoms with Crippen molar-refractivity contribution in [3.8, 4) is 17.2 Å². The Kier molecular flexibility index (Phi) is 5.44. The molecule has 0 bridgehead atoms. The van der Waals surface area contributed by atoms with Crippen LogP contribution in [0.1, 0.15) is 18.9 Å². The molecule has 2 rings (SSSR count). The highest BCUT2D eigenvalue weighted by Crippen LogP contribution is 2.33. The number of aliphatic hydroxyl groups excluding tert-OH is 1. The van der Waals surface area contributed by atoms with Crippen LogP contribution in [-0.4, -0.2) is 11.7 Å². The van der Waals surface area contributed by atoms with Gasteiger partial charge in [0.05, 0.1) is 13.2 Å². The first-order valence-electron chi connectivity index (χ1n) is 6.53. The largest absolute Gasteiger partial charge is 0.490 e. The molecule has 0 saturated heterocycles. The first kappa shape index (κ1) is 14.9. The van der Waals surface area contributed by atoms with Gasteiger partial charge in [0.15, 0.2) is 11.5 Å². The zero-order chi connectivity index (χ0) is 14.4. The van der Waals surface area contributed by atoms with Crippen LogP contribution in [0.3, 0.4) is 0 Å². The second-order valence-corrected chi connectivity index (χ2v) is 5.16. The predicted octanol–water partition coefficient (Wildman–Crippen LogP) is 4.52. The zero-order valence-corrected chi connectivity index (χ0v) is 12.9. The van der Waals surface area contributed by atoms with E-state index < -0.39 is 0 Å². The third-order valence-electron chi connectivity index (χ3n) is 2.73. The number of aliphatic hydroxyl groups is 1. The third-order valence-corrected chi connectivity index (χ3v) is 3.47. The summed E-state index contributed by atoms with van der Waals surface area (Å²) < 4.78 is 12.3. The minimum Gasteiger partial charge on any atom is -0.490 e. The first-order valence-corrected chi connectivity index (χ1v) is 7.33. The van der Waals surface area contributed by atoms with Crippen molar-refractivity contribution in [2.75, 3.05) is 6.61 Å². The van der Waals surface area contributed by atoms with Gasteiger partial charge in [-0.1, -0.05) is 41.1 Å². The Morgan fingerprint density at radius 3 is 2.50 bits per heavy atom. The van der Waals surface area contributed by atoms with Gasteiger partial charge in [-0.2, -0.15) is 0 Å². The summed E-state index contributed by atoms with van der Waals surface area (Å²) in [6, 6.07) is 13.1. The second-order valence-electron chi connectivity index (χ2n) is 4.31. The lowest BCUT2D eigenvalue weighted by atomic mass is 10.2. The standard InChI is InChI=1S/C16H17BrO3/c1-2-9-19-15-5-3-4-6-16(15)20-13-8-7-12(11-18)14(17)10-13/h3-8,10,18H,2,9,11H2,1H3. The lowest BCUT2D eigenvalue weighted by molar-refractivity contribution is 0.281. The minimum absolute atomic E-state index is 0.00292. The molecule has 0 aliphatic heterocycles. The van der Waals surface area contributed by atoms with E-state index >= 15 is 0 Å². The predicted molar refractivity (Wildman–Crippen MR) is 82.4 cm³/mol. The van der Waals surface area contributed by atoms with Crippen LogP contribution in [0.5, 0.6) is 17.2 Å². The monoisotopic (exact) mass is 336 g/mol. The van der Waals surface area contributed by atoms with Crippen LogP contribution in [0.4, 0.5) is 0 Å². The van der Waals surface area contributed by atoms with Crippen molar-refractivity contribution in [1.82, 2.24) is 0 Å². The summed E-state index contributed by atoms with van der Waals surface area (Å²) in [5, 5.41) is 9.15. The summed E-state index contributed by atoms with van der Waals surface area (Å²) in [5.41, 5.74) is 0.827. The van der Waals surface area contributed by atoms with Gasteiger partial charge in [0.1, 0.15) is 5.75 Å². The Morgan fingerprint density at radius 1 is 1.10 bits per heavy atom. The van der Waals surface area contributed by atoms with Crippen molar-refractivity contribution in [3.63, 3.8) is 0 Å². The summed E-state index contributed by atoms with van der Waals surface area (Å²) in [6.07, 6.45) is 0.949. The first-order chi connectivity index (χ1) is 9.74. The van der Waals surface area contributed by atoms with Gasteiger partial charge in [-0.25, -0.2) is 0 Å². The van der Waals surface area contributed by atoms with Gasteiger partial charge in [-0.05, 0) is 36.2 Å². The van der Waals surface area contributed by atoms with E-state index in [2.05, 4.69) is 22.9 Å². The fraction of sp³-hybridized carbons (Fsp3) is 0.250. The Morgan fingerprint density at radius 2 is 1.85 bits per heavy atom. The van der Waals surface area contributed by atoms with Crippen LogP contribution in [-0.2, 0) is 6.61 Å². The number of hydrogen-bond donors (Lipinski definition) is 1. The molecule has 20 heavy (non-hydrogen) atoms. The molecule has 0 aliphatic rings. The summed E-state index contributed by atoms with van der Waals surface area (Å²) in [6.45, 7) is 2.72. The van der Waals surface area contributed by atoms with Crippen molar-refractivity contribution in [2.24, 2.45) is 0 Å². The molecular formula is C16H17BrO3. The molecule has 4 heteroatoms. The lowest BCUT2D eigenvalue weighted by Crippen LogP contribution is -1.97. The molecule has 1 N–H and O–H groups in total. The Bertz CT molecular complexity index is 569. The Balaban J connectivity index is 2.19. The molecule has 0 saturated carbocycles. The molecule has 0 atom stereocenters. The number of ether oxygens (including phenoxy) is 2. The number of hydrogen-bond acceptors (Lipinski definition) is 3. The number of para-hydroxylation sites is 2. The number of halogens is 1. The van der Waals surface area contributed by atoms with Crippen molar-refractivity contribution in [1.29, 1.82) is 0 Å². The lowest BCUT2D eigenvalue weighted by Gasteiger charge is -2.12. The van der Waals surface area contributed by atoms with Crippen molar-refractivity contribution in [2.45, 2.75) is 20.0 Å². The van der Waals surface area contributed by atoms with E-state index in [1.165, 1.54) is 0 Å². The van der Waals surface area contributed by atoms with Crippen molar-refractivity contribution < 1.29 is 14.6 Å². The summed E-state index contributed by atoms with van der Waals surface area (Å²) in [7, 11) is 0. The minimum atomic E-state index is -0.00292. The topological polar surface area (TPSA) is 38.7 Å². The fourth-order valence-electron chi connectivity index (χ4n) is 1.71. The highest BCUT2D eigenvalue weighted by molar-refractivity contribution is 9.10. The fourth-order valence-corrected chi connectivity index (χ4v) is 2.20. The van der Waals surface area contributed by atoms with Gasteiger partial charge in [0.25, 0.3) is 0 Å². The van der Waals surface area contributed by atoms with Crippen LogP contribution in [0.15, 0.2) is 46.9 Å². The molecule has 2 aromatic rings. The van der Waals surface area contributed by atoms with E-state index in [1.807, 2.05) is 42.5 Å². The van der Waals surface area contributed by atoms with E-state index in [0.717, 1.165) is 22.2 Å². The third kappa shape index (κ3) is 3.74. The van der Waals surface area contributed by atoms with E-state index in [0.29, 0.717) is 18.1 Å². The highest BCUT2D eigenvalue weighted by atomic mass is 79.9. The smallest absolute Gasteiger partial charge is 0.169 e. The Hall–Kier alpha value is -1.52. The molecule has 0 heterocycles. The van der Waals surface area contributed by atoms with Gasteiger partial charge >= 0.3 is 0 Å². The van der Waals surface area contributed by atoms with Gasteiger partial charge < -0.3 is 14.6 Å². The van der Waals surface area contributed by atoms with Crippen LogP contribution < -0.4 is 9.47 Å². The van der Waals surface area contributed by atoms with Crippen LogP contribution in [0.25, 0.3) is 0 Å². The quantitative estimate of drug-likeness (QED) is 0.842. The molecule has 0 aromatic heterocycles. The van der Waals surface area contributed by atoms with Crippen LogP contribution >= 0.6 is 15.9 Å². The Labute approximate surface area is 127 Å². The summed E-state index contributed by atoms with van der Waals surface area (Å²) in [4.78, 5) is 0. The van der Waals surface area contributed by atoms with Crippen molar-refractivity contribution in [3.05, 3.63) is 52.5 Å². The number of rotatable bonds is 6. The van der Waals surface area contributed by atoms with E-state index in [4.69, 9.17) is 14.6 Å². The molecule has 2 aromatic carbocycles. The number of benzene rings is 2. The molecule has 3 nitrogen and oxygen atoms in total. The van der Waals surface area contributed by atoms with Crippen LogP contribution in [0.2, 0.25) is 0 Å². The normalized spacial score (nSPS) is 10.3. The zero-order valence-electron chi connectivity index (χ0n) is 11.3. The average Bonchev–Trinajstić information content (AvgIpc) is 2.46. The molecule has 0 spiro atoms. The maximum absolute atomic E-state index is 9.15. The summed E-state index contributed by atoms with van der Waals surface area (Å²) >= 11 is 3.41. The summed E-state index contributed by atoms with van der Waals surface area (Å²) in [5.74, 6) is 2.11. The molecule has 0 radical (unpaired) electrons. The van der Waals surface area contributed by atoms with Gasteiger partial charge in [-0.15, -0.1) is 0 Å².